The molecule has 0 unspecified atom stereocenters. The van der Waals surface area contributed by atoms with E-state index in [1.54, 1.807) is 24.3 Å². The molecule has 3 aromatic carbocycles. The average Bonchev–Trinajstić information content (AvgIpc) is 2.70. The molecule has 0 amide bonds. The van der Waals surface area contributed by atoms with Gasteiger partial charge in [-0.3, -0.25) is 9.44 Å². The number of sulfonamides is 2. The van der Waals surface area contributed by atoms with Gasteiger partial charge < -0.3 is 4.74 Å². The summed E-state index contributed by atoms with van der Waals surface area (Å²) in [6, 6.07) is 17.6. The molecule has 0 aliphatic carbocycles. The fourth-order valence-corrected chi connectivity index (χ4v) is 4.77. The SMILES string of the molecule is CCOc1ccc(NS(=O)(=O)c2ccc(NS(=O)(=O)c3ccc(Cl)cc3)cc2)cc1. The van der Waals surface area contributed by atoms with Gasteiger partial charge in [0.15, 0.2) is 0 Å². The van der Waals surface area contributed by atoms with Crippen molar-refractivity contribution in [2.45, 2.75) is 16.7 Å². The molecule has 0 saturated carbocycles. The van der Waals surface area contributed by atoms with Crippen LogP contribution in [0, 0.1) is 0 Å². The molecule has 3 aromatic rings. The number of hydrogen-bond donors (Lipinski definition) is 2. The van der Waals surface area contributed by atoms with Gasteiger partial charge in [-0.05, 0) is 79.7 Å². The van der Waals surface area contributed by atoms with Crippen molar-refractivity contribution in [3.8, 4) is 5.75 Å². The Balaban J connectivity index is 1.73. The second-order valence-electron chi connectivity index (χ2n) is 6.15. The third-order valence-electron chi connectivity index (χ3n) is 3.96. The quantitative estimate of drug-likeness (QED) is 0.514. The van der Waals surface area contributed by atoms with Crippen molar-refractivity contribution in [3.05, 3.63) is 77.8 Å². The second kappa shape index (κ2) is 8.95. The molecule has 0 saturated heterocycles. The van der Waals surface area contributed by atoms with Crippen molar-refractivity contribution < 1.29 is 21.6 Å². The van der Waals surface area contributed by atoms with Crippen LogP contribution in [0.25, 0.3) is 0 Å². The molecule has 0 fully saturated rings. The fraction of sp³-hybridized carbons (Fsp3) is 0.100. The third-order valence-corrected chi connectivity index (χ3v) is 7.00. The zero-order valence-corrected chi connectivity index (χ0v) is 18.3. The standard InChI is InChI=1S/C20H19ClN2O5S2/c1-2-28-18-9-5-16(6-10-18)22-30(26,27)20-13-7-17(8-14-20)23-29(24,25)19-11-3-15(21)4-12-19/h3-14,22-23H,2H2,1H3. The molecule has 10 heteroatoms. The smallest absolute Gasteiger partial charge is 0.261 e. The van der Waals surface area contributed by atoms with E-state index in [-0.39, 0.29) is 15.5 Å². The second-order valence-corrected chi connectivity index (χ2v) is 9.95. The molecule has 0 heterocycles. The van der Waals surface area contributed by atoms with Crippen molar-refractivity contribution in [1.82, 2.24) is 0 Å². The van der Waals surface area contributed by atoms with Gasteiger partial charge in [0.05, 0.1) is 16.4 Å². The summed E-state index contributed by atoms with van der Waals surface area (Å²) in [5.41, 5.74) is 0.607. The van der Waals surface area contributed by atoms with E-state index in [2.05, 4.69) is 9.44 Å². The summed E-state index contributed by atoms with van der Waals surface area (Å²) >= 11 is 5.78. The molecule has 0 atom stereocenters. The van der Waals surface area contributed by atoms with Crippen LogP contribution in [0.3, 0.4) is 0 Å². The maximum Gasteiger partial charge on any atom is 0.261 e. The molecule has 0 spiro atoms. The molecule has 0 radical (unpaired) electrons. The van der Waals surface area contributed by atoms with E-state index in [0.29, 0.717) is 23.1 Å². The fourth-order valence-electron chi connectivity index (χ4n) is 2.53. The number of halogens is 1. The van der Waals surface area contributed by atoms with Gasteiger partial charge in [-0.2, -0.15) is 0 Å². The summed E-state index contributed by atoms with van der Waals surface area (Å²) in [6.45, 7) is 2.37. The van der Waals surface area contributed by atoms with Crippen molar-refractivity contribution >= 4 is 43.0 Å². The predicted molar refractivity (Wildman–Crippen MR) is 117 cm³/mol. The first-order valence-electron chi connectivity index (χ1n) is 8.84. The Bertz CT molecular complexity index is 1210. The topological polar surface area (TPSA) is 102 Å². The number of anilines is 2. The summed E-state index contributed by atoms with van der Waals surface area (Å²) in [6.07, 6.45) is 0. The van der Waals surface area contributed by atoms with Crippen LogP contribution in [-0.4, -0.2) is 23.4 Å². The highest BCUT2D eigenvalue weighted by Gasteiger charge is 2.17. The van der Waals surface area contributed by atoms with Crippen LogP contribution in [0.1, 0.15) is 6.92 Å². The normalized spacial score (nSPS) is 11.7. The number of hydrogen-bond acceptors (Lipinski definition) is 5. The maximum atomic E-state index is 12.6. The lowest BCUT2D eigenvalue weighted by atomic mass is 10.3. The van der Waals surface area contributed by atoms with E-state index in [1.807, 2.05) is 6.92 Å². The molecule has 7 nitrogen and oxygen atoms in total. The summed E-state index contributed by atoms with van der Waals surface area (Å²) < 4.78 is 60.2. The average molecular weight is 467 g/mol. The zero-order chi connectivity index (χ0) is 21.8. The molecule has 0 bridgehead atoms. The van der Waals surface area contributed by atoms with E-state index in [9.17, 15) is 16.8 Å². The molecule has 3 rings (SSSR count). The number of rotatable bonds is 8. The summed E-state index contributed by atoms with van der Waals surface area (Å²) in [5, 5.41) is 0.420. The Morgan fingerprint density at radius 3 is 1.53 bits per heavy atom. The highest BCUT2D eigenvalue weighted by atomic mass is 35.5. The molecule has 158 valence electrons. The van der Waals surface area contributed by atoms with Gasteiger partial charge >= 0.3 is 0 Å². The van der Waals surface area contributed by atoms with Crippen molar-refractivity contribution in [3.63, 3.8) is 0 Å². The number of benzene rings is 3. The van der Waals surface area contributed by atoms with E-state index < -0.39 is 20.0 Å². The minimum Gasteiger partial charge on any atom is -0.494 e. The first-order chi connectivity index (χ1) is 14.2. The van der Waals surface area contributed by atoms with E-state index in [4.69, 9.17) is 16.3 Å². The van der Waals surface area contributed by atoms with Crippen LogP contribution in [0.2, 0.25) is 5.02 Å². The molecule has 30 heavy (non-hydrogen) atoms. The van der Waals surface area contributed by atoms with E-state index in [1.165, 1.54) is 48.5 Å². The molecular formula is C20H19ClN2O5S2. The first kappa shape index (κ1) is 21.9. The Labute approximate surface area is 180 Å². The Morgan fingerprint density at radius 1 is 0.700 bits per heavy atom. The minimum absolute atomic E-state index is 0.00849. The van der Waals surface area contributed by atoms with Gasteiger partial charge in [-0.25, -0.2) is 16.8 Å². The number of ether oxygens (including phenoxy) is 1. The highest BCUT2D eigenvalue weighted by molar-refractivity contribution is 7.93. The summed E-state index contributed by atoms with van der Waals surface area (Å²) in [7, 11) is -7.66. The molecule has 0 aliphatic rings. The minimum atomic E-state index is -3.84. The molecule has 0 aliphatic heterocycles. The van der Waals surface area contributed by atoms with Gasteiger partial charge in [0.2, 0.25) is 0 Å². The van der Waals surface area contributed by atoms with Gasteiger partial charge in [0.1, 0.15) is 5.75 Å². The lowest BCUT2D eigenvalue weighted by Crippen LogP contribution is -2.14. The third kappa shape index (κ3) is 5.44. The monoisotopic (exact) mass is 466 g/mol. The van der Waals surface area contributed by atoms with Gasteiger partial charge in [0.25, 0.3) is 20.0 Å². The van der Waals surface area contributed by atoms with E-state index in [0.717, 1.165) is 0 Å². The maximum absolute atomic E-state index is 12.6. The van der Waals surface area contributed by atoms with Gasteiger partial charge in [-0.1, -0.05) is 11.6 Å². The Kier molecular flexibility index (Phi) is 6.55. The largest absolute Gasteiger partial charge is 0.494 e. The van der Waals surface area contributed by atoms with Crippen molar-refractivity contribution in [2.24, 2.45) is 0 Å². The summed E-state index contributed by atoms with van der Waals surface area (Å²) in [5.74, 6) is 0.637. The molecular weight excluding hydrogens is 448 g/mol. The van der Waals surface area contributed by atoms with Crippen molar-refractivity contribution in [1.29, 1.82) is 0 Å². The van der Waals surface area contributed by atoms with Crippen molar-refractivity contribution in [2.75, 3.05) is 16.1 Å². The van der Waals surface area contributed by atoms with Crippen LogP contribution in [0.5, 0.6) is 5.75 Å². The van der Waals surface area contributed by atoms with Crippen LogP contribution in [-0.2, 0) is 20.0 Å². The highest BCUT2D eigenvalue weighted by Crippen LogP contribution is 2.22. The van der Waals surface area contributed by atoms with Crippen LogP contribution in [0.4, 0.5) is 11.4 Å². The lowest BCUT2D eigenvalue weighted by molar-refractivity contribution is 0.340. The van der Waals surface area contributed by atoms with Gasteiger partial charge in [0, 0.05) is 16.4 Å². The Hall–Kier alpha value is -2.75. The Morgan fingerprint density at radius 2 is 1.10 bits per heavy atom. The molecule has 0 aromatic heterocycles. The van der Waals surface area contributed by atoms with E-state index >= 15 is 0 Å². The summed E-state index contributed by atoms with van der Waals surface area (Å²) in [4.78, 5) is 0.0339. The lowest BCUT2D eigenvalue weighted by Gasteiger charge is -2.11. The molecule has 2 N–H and O–H groups in total. The van der Waals surface area contributed by atoms with Crippen LogP contribution >= 0.6 is 11.6 Å². The van der Waals surface area contributed by atoms with Gasteiger partial charge in [-0.15, -0.1) is 0 Å². The number of nitrogens with one attached hydrogen (secondary N) is 2. The van der Waals surface area contributed by atoms with Crippen LogP contribution in [0.15, 0.2) is 82.6 Å². The first-order valence-corrected chi connectivity index (χ1v) is 12.2. The predicted octanol–water partition coefficient (Wildman–Crippen LogP) is 4.34. The zero-order valence-electron chi connectivity index (χ0n) is 15.9. The van der Waals surface area contributed by atoms with Crippen LogP contribution < -0.4 is 14.2 Å².